The summed E-state index contributed by atoms with van der Waals surface area (Å²) >= 11 is 3.50. The predicted octanol–water partition coefficient (Wildman–Crippen LogP) is 3.76. The van der Waals surface area contributed by atoms with Gasteiger partial charge in [-0.05, 0) is 41.7 Å². The first kappa shape index (κ1) is 14.3. The molecule has 0 aliphatic carbocycles. The van der Waals surface area contributed by atoms with Crippen molar-refractivity contribution in [3.8, 4) is 0 Å². The van der Waals surface area contributed by atoms with Crippen LogP contribution in [-0.4, -0.2) is 0 Å². The molecule has 0 radical (unpaired) electrons. The van der Waals surface area contributed by atoms with Gasteiger partial charge in [0.1, 0.15) is 0 Å². The quantitative estimate of drug-likeness (QED) is 0.650. The second kappa shape index (κ2) is 6.85. The summed E-state index contributed by atoms with van der Waals surface area (Å²) in [5.41, 5.74) is 6.75. The minimum absolute atomic E-state index is 0.130. The van der Waals surface area contributed by atoms with Crippen molar-refractivity contribution in [2.45, 2.75) is 25.8 Å². The number of benzene rings is 2. The molecule has 3 N–H and O–H groups in total. The molecule has 2 rings (SSSR count). The number of rotatable bonds is 5. The van der Waals surface area contributed by atoms with Crippen molar-refractivity contribution >= 4 is 15.9 Å². The summed E-state index contributed by atoms with van der Waals surface area (Å²) in [7, 11) is 0. The highest BCUT2D eigenvalue weighted by atomic mass is 79.9. The van der Waals surface area contributed by atoms with E-state index >= 15 is 0 Å². The van der Waals surface area contributed by atoms with Gasteiger partial charge in [0.25, 0.3) is 0 Å². The Morgan fingerprint density at radius 3 is 2.37 bits per heavy atom. The fraction of sp³-hybridized carbons (Fsp3) is 0.250. The number of hydrogen-bond donors (Lipinski definition) is 2. The molecule has 100 valence electrons. The van der Waals surface area contributed by atoms with Crippen LogP contribution in [0.2, 0.25) is 0 Å². The molecule has 2 nitrogen and oxygen atoms in total. The number of halogens is 1. The van der Waals surface area contributed by atoms with Gasteiger partial charge in [0.2, 0.25) is 0 Å². The highest BCUT2D eigenvalue weighted by Crippen LogP contribution is 2.21. The Bertz CT molecular complexity index is 523. The van der Waals surface area contributed by atoms with Gasteiger partial charge in [0, 0.05) is 4.47 Å². The normalized spacial score (nSPS) is 12.4. The van der Waals surface area contributed by atoms with Crippen molar-refractivity contribution in [1.29, 1.82) is 0 Å². The molecular weight excluding hydrogens is 300 g/mol. The number of nitrogens with one attached hydrogen (secondary N) is 1. The maximum absolute atomic E-state index is 5.69. The first-order valence-electron chi connectivity index (χ1n) is 6.52. The van der Waals surface area contributed by atoms with Gasteiger partial charge < -0.3 is 0 Å². The van der Waals surface area contributed by atoms with Gasteiger partial charge in [0.15, 0.2) is 0 Å². The molecule has 0 fully saturated rings. The average molecular weight is 319 g/mol. The van der Waals surface area contributed by atoms with E-state index in [1.807, 2.05) is 12.1 Å². The highest BCUT2D eigenvalue weighted by molar-refractivity contribution is 9.10. The Balaban J connectivity index is 2.14. The Labute approximate surface area is 123 Å². The summed E-state index contributed by atoms with van der Waals surface area (Å²) in [6.07, 6.45) is 1.96. The fourth-order valence-electron chi connectivity index (χ4n) is 2.14. The lowest BCUT2D eigenvalue weighted by Crippen LogP contribution is -2.29. The van der Waals surface area contributed by atoms with Crippen molar-refractivity contribution in [2.75, 3.05) is 0 Å². The van der Waals surface area contributed by atoms with Crippen LogP contribution in [0.4, 0.5) is 0 Å². The Morgan fingerprint density at radius 1 is 1.11 bits per heavy atom. The van der Waals surface area contributed by atoms with E-state index in [0.29, 0.717) is 0 Å². The van der Waals surface area contributed by atoms with E-state index in [4.69, 9.17) is 5.84 Å². The summed E-state index contributed by atoms with van der Waals surface area (Å²) in [5.74, 6) is 5.69. The summed E-state index contributed by atoms with van der Waals surface area (Å²) in [6, 6.07) is 17.1. The minimum atomic E-state index is 0.130. The van der Waals surface area contributed by atoms with E-state index in [-0.39, 0.29) is 6.04 Å². The molecule has 0 aliphatic heterocycles. The Hall–Kier alpha value is -1.16. The van der Waals surface area contributed by atoms with Crippen LogP contribution in [0.1, 0.15) is 29.7 Å². The molecule has 2 aromatic carbocycles. The zero-order valence-corrected chi connectivity index (χ0v) is 12.7. The average Bonchev–Trinajstić information content (AvgIpc) is 2.45. The van der Waals surface area contributed by atoms with E-state index in [0.717, 1.165) is 17.3 Å². The van der Waals surface area contributed by atoms with Crippen LogP contribution >= 0.6 is 15.9 Å². The smallest absolute Gasteiger partial charge is 0.0500 e. The molecule has 3 heteroatoms. The number of aryl methyl sites for hydroxylation is 1. The van der Waals surface area contributed by atoms with E-state index in [9.17, 15) is 0 Å². The van der Waals surface area contributed by atoms with E-state index in [1.165, 1.54) is 16.7 Å². The largest absolute Gasteiger partial charge is 0.271 e. The van der Waals surface area contributed by atoms with E-state index in [2.05, 4.69) is 64.7 Å². The maximum Gasteiger partial charge on any atom is 0.0500 e. The first-order valence-corrected chi connectivity index (χ1v) is 7.31. The van der Waals surface area contributed by atoms with Crippen molar-refractivity contribution in [1.82, 2.24) is 5.43 Å². The van der Waals surface area contributed by atoms with Crippen molar-refractivity contribution < 1.29 is 0 Å². The van der Waals surface area contributed by atoms with Crippen LogP contribution in [0, 0.1) is 0 Å². The topological polar surface area (TPSA) is 38.0 Å². The second-order valence-corrected chi connectivity index (χ2v) is 5.56. The van der Waals surface area contributed by atoms with Gasteiger partial charge in [-0.15, -0.1) is 0 Å². The lowest BCUT2D eigenvalue weighted by Gasteiger charge is -2.17. The third kappa shape index (κ3) is 3.90. The SMILES string of the molecule is CCc1ccc(CC(NN)c2cccc(Br)c2)cc1. The lowest BCUT2D eigenvalue weighted by molar-refractivity contribution is 0.551. The maximum atomic E-state index is 5.69. The van der Waals surface area contributed by atoms with Crippen LogP contribution in [0.5, 0.6) is 0 Å². The molecule has 0 spiro atoms. The molecule has 2 aromatic rings. The number of nitrogens with two attached hydrogens (primary N) is 1. The molecular formula is C16H19BrN2. The van der Waals surface area contributed by atoms with Crippen molar-refractivity contribution in [3.63, 3.8) is 0 Å². The van der Waals surface area contributed by atoms with Crippen LogP contribution in [0.3, 0.4) is 0 Å². The van der Waals surface area contributed by atoms with E-state index in [1.54, 1.807) is 0 Å². The predicted molar refractivity (Wildman–Crippen MR) is 83.7 cm³/mol. The Morgan fingerprint density at radius 2 is 1.79 bits per heavy atom. The van der Waals surface area contributed by atoms with Gasteiger partial charge in [-0.25, -0.2) is 0 Å². The first-order chi connectivity index (χ1) is 9.22. The van der Waals surface area contributed by atoms with Crippen LogP contribution in [0.25, 0.3) is 0 Å². The number of hydrazine groups is 1. The molecule has 0 aromatic heterocycles. The minimum Gasteiger partial charge on any atom is -0.271 e. The van der Waals surface area contributed by atoms with Gasteiger partial charge in [0.05, 0.1) is 6.04 Å². The third-order valence-electron chi connectivity index (χ3n) is 3.32. The summed E-state index contributed by atoms with van der Waals surface area (Å²) in [5, 5.41) is 0. The molecule has 0 bridgehead atoms. The molecule has 0 saturated carbocycles. The summed E-state index contributed by atoms with van der Waals surface area (Å²) < 4.78 is 1.08. The van der Waals surface area contributed by atoms with Crippen molar-refractivity contribution in [2.24, 2.45) is 5.84 Å². The third-order valence-corrected chi connectivity index (χ3v) is 3.82. The zero-order chi connectivity index (χ0) is 13.7. The van der Waals surface area contributed by atoms with Gasteiger partial charge in [-0.1, -0.05) is 59.3 Å². The molecule has 1 atom stereocenters. The van der Waals surface area contributed by atoms with Crippen molar-refractivity contribution in [3.05, 3.63) is 69.7 Å². The number of hydrogen-bond acceptors (Lipinski definition) is 2. The molecule has 0 saturated heterocycles. The molecule has 1 unspecified atom stereocenters. The zero-order valence-electron chi connectivity index (χ0n) is 11.1. The van der Waals surface area contributed by atoms with Gasteiger partial charge in [-0.3, -0.25) is 11.3 Å². The van der Waals surface area contributed by atoms with E-state index < -0.39 is 0 Å². The van der Waals surface area contributed by atoms with Gasteiger partial charge >= 0.3 is 0 Å². The van der Waals surface area contributed by atoms with Crippen LogP contribution in [-0.2, 0) is 12.8 Å². The fourth-order valence-corrected chi connectivity index (χ4v) is 2.56. The standard InChI is InChI=1S/C16H19BrN2/c1-2-12-6-8-13(9-7-12)10-16(19-18)14-4-3-5-15(17)11-14/h3-9,11,16,19H,2,10,18H2,1H3. The Kier molecular flexibility index (Phi) is 5.14. The molecule has 19 heavy (non-hydrogen) atoms. The summed E-state index contributed by atoms with van der Waals surface area (Å²) in [4.78, 5) is 0. The summed E-state index contributed by atoms with van der Waals surface area (Å²) in [6.45, 7) is 2.17. The highest BCUT2D eigenvalue weighted by Gasteiger charge is 2.10. The second-order valence-electron chi connectivity index (χ2n) is 4.65. The van der Waals surface area contributed by atoms with Gasteiger partial charge in [-0.2, -0.15) is 0 Å². The molecule has 0 amide bonds. The molecule has 0 heterocycles. The monoisotopic (exact) mass is 318 g/mol. The molecule has 0 aliphatic rings. The lowest BCUT2D eigenvalue weighted by atomic mass is 9.98. The van der Waals surface area contributed by atoms with Crippen LogP contribution in [0.15, 0.2) is 53.0 Å². The van der Waals surface area contributed by atoms with Crippen LogP contribution < -0.4 is 11.3 Å².